The number of aromatic nitrogens is 2. The Balaban J connectivity index is 2.15. The number of nitrogens with one attached hydrogen (secondary N) is 1. The Kier molecular flexibility index (Phi) is 6.20. The first kappa shape index (κ1) is 20.5. The van der Waals surface area contributed by atoms with Gasteiger partial charge >= 0.3 is 0 Å². The second kappa shape index (κ2) is 8.45. The van der Waals surface area contributed by atoms with E-state index >= 15 is 0 Å². The van der Waals surface area contributed by atoms with Crippen molar-refractivity contribution >= 4 is 51.7 Å². The van der Waals surface area contributed by atoms with E-state index in [0.717, 1.165) is 18.4 Å². The van der Waals surface area contributed by atoms with Crippen molar-refractivity contribution in [3.8, 4) is 0 Å². The molecule has 28 heavy (non-hydrogen) atoms. The molecular formula is C20H24N4O2S2. The molecule has 0 radical (unpaired) electrons. The molecule has 0 aliphatic carbocycles. The van der Waals surface area contributed by atoms with Gasteiger partial charge in [0, 0.05) is 18.8 Å². The summed E-state index contributed by atoms with van der Waals surface area (Å²) < 4.78 is 2.05. The van der Waals surface area contributed by atoms with E-state index in [0.29, 0.717) is 32.8 Å². The Labute approximate surface area is 174 Å². The van der Waals surface area contributed by atoms with Crippen LogP contribution in [-0.4, -0.2) is 37.1 Å². The van der Waals surface area contributed by atoms with E-state index in [9.17, 15) is 9.59 Å². The zero-order valence-corrected chi connectivity index (χ0v) is 18.1. The predicted octanol–water partition coefficient (Wildman–Crippen LogP) is 3.82. The van der Waals surface area contributed by atoms with Gasteiger partial charge < -0.3 is 5.32 Å². The van der Waals surface area contributed by atoms with Crippen LogP contribution in [0.3, 0.4) is 0 Å². The number of rotatable bonds is 6. The van der Waals surface area contributed by atoms with Gasteiger partial charge in [-0.25, -0.2) is 4.98 Å². The Bertz CT molecular complexity index is 1030. The summed E-state index contributed by atoms with van der Waals surface area (Å²) in [6.07, 6.45) is 5.03. The van der Waals surface area contributed by atoms with Crippen LogP contribution in [0.15, 0.2) is 28.0 Å². The smallest absolute Gasteiger partial charge is 0.267 e. The lowest BCUT2D eigenvalue weighted by Gasteiger charge is -2.21. The highest BCUT2D eigenvalue weighted by molar-refractivity contribution is 8.26. The molecule has 1 saturated heterocycles. The molecule has 148 valence electrons. The van der Waals surface area contributed by atoms with Crippen LogP contribution >= 0.6 is 24.0 Å². The van der Waals surface area contributed by atoms with Crippen LogP contribution in [0.4, 0.5) is 5.82 Å². The lowest BCUT2D eigenvalue weighted by atomic mass is 10.2. The first-order chi connectivity index (χ1) is 13.4. The maximum absolute atomic E-state index is 13.2. The van der Waals surface area contributed by atoms with Crippen molar-refractivity contribution in [1.29, 1.82) is 0 Å². The minimum absolute atomic E-state index is 0.0227. The number of amides is 1. The van der Waals surface area contributed by atoms with Crippen molar-refractivity contribution in [3.63, 3.8) is 0 Å². The first-order valence-corrected chi connectivity index (χ1v) is 10.6. The van der Waals surface area contributed by atoms with Gasteiger partial charge in [0.15, 0.2) is 0 Å². The molecule has 2 aromatic heterocycles. The monoisotopic (exact) mass is 416 g/mol. The third-order valence-electron chi connectivity index (χ3n) is 4.76. The van der Waals surface area contributed by atoms with Crippen molar-refractivity contribution in [2.45, 2.75) is 46.6 Å². The van der Waals surface area contributed by atoms with Crippen molar-refractivity contribution < 1.29 is 4.79 Å². The molecule has 0 spiro atoms. The quantitative estimate of drug-likeness (QED) is 0.570. The average molecular weight is 417 g/mol. The van der Waals surface area contributed by atoms with Crippen molar-refractivity contribution in [1.82, 2.24) is 14.3 Å². The van der Waals surface area contributed by atoms with Crippen LogP contribution < -0.4 is 10.9 Å². The summed E-state index contributed by atoms with van der Waals surface area (Å²) >= 11 is 6.63. The molecular weight excluding hydrogens is 392 g/mol. The van der Waals surface area contributed by atoms with Crippen LogP contribution in [0.5, 0.6) is 0 Å². The Morgan fingerprint density at radius 2 is 2.11 bits per heavy atom. The third kappa shape index (κ3) is 3.71. The number of thioether (sulfide) groups is 1. The van der Waals surface area contributed by atoms with E-state index in [-0.39, 0.29) is 17.5 Å². The zero-order valence-electron chi connectivity index (χ0n) is 16.5. The van der Waals surface area contributed by atoms with Crippen LogP contribution in [0, 0.1) is 6.92 Å². The minimum Gasteiger partial charge on any atom is -0.369 e. The SMILES string of the molecule is CCCNc1nc2c(C)cccn2c(=O)c1C=C1SC(=S)N(C(C)CC)C1=O. The second-order valence-electron chi connectivity index (χ2n) is 6.80. The molecule has 1 unspecified atom stereocenters. The number of hydrogen-bond acceptors (Lipinski definition) is 6. The summed E-state index contributed by atoms with van der Waals surface area (Å²) in [5.74, 6) is 0.342. The number of thiocarbonyl (C=S) groups is 1. The number of carbonyl (C=O) groups is 1. The molecule has 1 aliphatic rings. The summed E-state index contributed by atoms with van der Waals surface area (Å²) in [5, 5.41) is 3.23. The van der Waals surface area contributed by atoms with Gasteiger partial charge in [0.05, 0.1) is 10.5 Å². The number of carbonyl (C=O) groups excluding carboxylic acids is 1. The fraction of sp³-hybridized carbons (Fsp3) is 0.400. The molecule has 6 nitrogen and oxygen atoms in total. The van der Waals surface area contributed by atoms with E-state index in [4.69, 9.17) is 12.2 Å². The maximum Gasteiger partial charge on any atom is 0.267 e. The largest absolute Gasteiger partial charge is 0.369 e. The predicted molar refractivity (Wildman–Crippen MR) is 120 cm³/mol. The second-order valence-corrected chi connectivity index (χ2v) is 8.48. The maximum atomic E-state index is 13.2. The van der Waals surface area contributed by atoms with Gasteiger partial charge in [-0.3, -0.25) is 18.9 Å². The van der Waals surface area contributed by atoms with Crippen molar-refractivity contribution in [3.05, 3.63) is 44.7 Å². The van der Waals surface area contributed by atoms with Gasteiger partial charge in [-0.2, -0.15) is 0 Å². The number of aryl methyl sites for hydroxylation is 1. The number of pyridine rings is 1. The normalized spacial score (nSPS) is 17.0. The summed E-state index contributed by atoms with van der Waals surface area (Å²) in [4.78, 5) is 32.8. The number of hydrogen-bond donors (Lipinski definition) is 1. The van der Waals surface area contributed by atoms with E-state index < -0.39 is 0 Å². The summed E-state index contributed by atoms with van der Waals surface area (Å²) in [5.41, 5.74) is 1.69. The molecule has 2 aromatic rings. The first-order valence-electron chi connectivity index (χ1n) is 9.41. The minimum atomic E-state index is -0.207. The zero-order chi connectivity index (χ0) is 20.4. The highest BCUT2D eigenvalue weighted by Gasteiger charge is 2.35. The van der Waals surface area contributed by atoms with Crippen LogP contribution in [0.25, 0.3) is 11.7 Å². The van der Waals surface area contributed by atoms with E-state index in [1.165, 1.54) is 16.2 Å². The van der Waals surface area contributed by atoms with E-state index in [2.05, 4.69) is 10.3 Å². The molecule has 1 fully saturated rings. The van der Waals surface area contributed by atoms with Crippen LogP contribution in [0.2, 0.25) is 0 Å². The van der Waals surface area contributed by atoms with Gasteiger partial charge in [-0.15, -0.1) is 0 Å². The molecule has 3 heterocycles. The van der Waals surface area contributed by atoms with E-state index in [1.54, 1.807) is 17.2 Å². The van der Waals surface area contributed by atoms with Crippen molar-refractivity contribution in [2.75, 3.05) is 11.9 Å². The summed E-state index contributed by atoms with van der Waals surface area (Å²) in [6.45, 7) is 8.63. The fourth-order valence-electron chi connectivity index (χ4n) is 2.99. The summed E-state index contributed by atoms with van der Waals surface area (Å²) in [7, 11) is 0. The third-order valence-corrected chi connectivity index (χ3v) is 6.09. The van der Waals surface area contributed by atoms with Crippen LogP contribution in [0.1, 0.15) is 44.7 Å². The fourth-order valence-corrected chi connectivity index (χ4v) is 4.44. The molecule has 1 aliphatic heterocycles. The topological polar surface area (TPSA) is 66.7 Å². The highest BCUT2D eigenvalue weighted by atomic mass is 32.2. The lowest BCUT2D eigenvalue weighted by molar-refractivity contribution is -0.123. The molecule has 8 heteroatoms. The lowest BCUT2D eigenvalue weighted by Crippen LogP contribution is -2.36. The molecule has 0 bridgehead atoms. The van der Waals surface area contributed by atoms with Gasteiger partial charge in [0.2, 0.25) is 0 Å². The number of anilines is 1. The molecule has 3 rings (SSSR count). The molecule has 1 N–H and O–H groups in total. The standard InChI is InChI=1S/C20H24N4O2S2/c1-5-9-21-16-14(18(25)23-10-7-8-12(3)17(23)22-16)11-15-19(26)24(13(4)6-2)20(27)28-15/h7-8,10-11,13,21H,5-6,9H2,1-4H3. The van der Waals surface area contributed by atoms with Gasteiger partial charge in [0.1, 0.15) is 15.8 Å². The van der Waals surface area contributed by atoms with E-state index in [1.807, 2.05) is 39.8 Å². The Morgan fingerprint density at radius 3 is 2.79 bits per heavy atom. The number of nitrogens with zero attached hydrogens (tertiary/aromatic N) is 3. The van der Waals surface area contributed by atoms with Gasteiger partial charge in [-0.1, -0.05) is 43.9 Å². The summed E-state index contributed by atoms with van der Waals surface area (Å²) in [6, 6.07) is 3.76. The molecule has 1 amide bonds. The Morgan fingerprint density at radius 1 is 1.36 bits per heavy atom. The molecule has 0 saturated carbocycles. The van der Waals surface area contributed by atoms with Crippen LogP contribution in [-0.2, 0) is 4.79 Å². The molecule has 1 atom stereocenters. The Hall–Kier alpha value is -2.19. The number of fused-ring (bicyclic) bond motifs is 1. The van der Waals surface area contributed by atoms with Gasteiger partial charge in [0.25, 0.3) is 11.5 Å². The van der Waals surface area contributed by atoms with Gasteiger partial charge in [-0.05, 0) is 44.4 Å². The highest BCUT2D eigenvalue weighted by Crippen LogP contribution is 2.34. The van der Waals surface area contributed by atoms with Crippen molar-refractivity contribution in [2.24, 2.45) is 0 Å². The molecule has 0 aromatic carbocycles. The average Bonchev–Trinajstić information content (AvgIpc) is 2.96.